The van der Waals surface area contributed by atoms with Gasteiger partial charge in [-0.1, -0.05) is 243 Å². The van der Waals surface area contributed by atoms with Gasteiger partial charge in [-0.2, -0.15) is 0 Å². The molecule has 748 valence electrons. The average Bonchev–Trinajstić information content (AvgIpc) is 1.52. The van der Waals surface area contributed by atoms with Crippen molar-refractivity contribution in [2.75, 3.05) is 62.5 Å². The molecule has 0 radical (unpaired) electrons. The van der Waals surface area contributed by atoms with Crippen molar-refractivity contribution in [3.05, 3.63) is 361 Å². The molecule has 24 rings (SSSR count). The number of hydrogen-bond donors (Lipinski definition) is 10. The van der Waals surface area contributed by atoms with Gasteiger partial charge in [-0.05, 0) is 149 Å². The molecule has 32 nitrogen and oxygen atoms in total. The van der Waals surface area contributed by atoms with E-state index in [4.69, 9.17) is 52.3 Å². The van der Waals surface area contributed by atoms with Crippen LogP contribution in [0.5, 0.6) is 0 Å². The van der Waals surface area contributed by atoms with E-state index in [2.05, 4.69) is 67.4 Å². The van der Waals surface area contributed by atoms with Gasteiger partial charge in [-0.25, -0.2) is 39.9 Å². The molecule has 14 atom stereocenters. The number of aliphatic hydroxyl groups is 4. The summed E-state index contributed by atoms with van der Waals surface area (Å²) in [5.74, 6) is 14.6. The molecule has 8 aliphatic rings. The number of nitrogen functional groups attached to an aromatic ring is 4. The number of aromatic nitrogens is 12. The van der Waals surface area contributed by atoms with Crippen LogP contribution in [0.25, 0.3) is 67.1 Å². The molecule has 32 heteroatoms. The lowest BCUT2D eigenvalue weighted by atomic mass is 9.87. The zero-order chi connectivity index (χ0) is 103. The van der Waals surface area contributed by atoms with Crippen LogP contribution < -0.4 is 33.6 Å². The Kier molecular flexibility index (Phi) is 25.6. The van der Waals surface area contributed by atoms with Gasteiger partial charge < -0.3 is 83.1 Å². The largest absolute Gasteiger partial charge is 0.382 e. The number of carbonyl (C=O) groups is 4. The summed E-state index contributed by atoms with van der Waals surface area (Å²) in [5.41, 5.74) is 34.6. The number of fused-ring (bicyclic) bond motifs is 12. The molecule has 0 saturated carbocycles. The molecule has 11 unspecified atom stereocenters. The smallest absolute Gasteiger partial charge is 0.299 e. The molecule has 8 fully saturated rings. The number of amides is 4. The normalized spacial score (nSPS) is 22.3. The molecule has 8 aromatic carbocycles. The Morgan fingerprint density at radius 3 is 1.03 bits per heavy atom. The second-order valence-electron chi connectivity index (χ2n) is 39.6. The van der Waals surface area contributed by atoms with Gasteiger partial charge in [0.15, 0.2) is 0 Å². The lowest BCUT2D eigenvalue weighted by Gasteiger charge is -2.43. The summed E-state index contributed by atoms with van der Waals surface area (Å²) in [5, 5.41) is 52.1. The third-order valence-electron chi connectivity index (χ3n) is 30.9. The predicted molar refractivity (Wildman–Crippen MR) is 563 cm³/mol. The Labute approximate surface area is 854 Å². The Balaban J connectivity index is 0.000000116. The SMILES string of the molecule is C=CC(=O)N1C2CCC1(c1nc(-c3ccc(C(C)(O)c4ccccc4)cc3)c3c(N)nccn13)COC2.C=CC(=O)N1C2CN[C@@H](C2)C1c1nc(-c2ccc(C(C)(O)c3ccccc3)cc2)c2c(N)nccn12.CC#CC(=O)N1C(c2nc(-c3ccc(C(C)(O)c4ccccc4)cc3)c3c(N)nccn23)[C@@H]2C[C@H]1CN2.CC#CC(=O)N1C2CCC1(c1nc(-c3ccc(C(C)(O)c4ccccc4)cc3)c3c(N)nccn13)COC2. The Hall–Kier alpha value is -16.4. The van der Waals surface area contributed by atoms with E-state index >= 15 is 0 Å². The highest BCUT2D eigenvalue weighted by Crippen LogP contribution is 2.52. The van der Waals surface area contributed by atoms with Gasteiger partial charge in [0.1, 0.15) is 137 Å². The van der Waals surface area contributed by atoms with Crippen LogP contribution >= 0.6 is 0 Å². The van der Waals surface area contributed by atoms with E-state index in [-0.39, 0.29) is 72.0 Å². The molecule has 8 aromatic heterocycles. The highest BCUT2D eigenvalue weighted by molar-refractivity contribution is 5.97. The number of rotatable bonds is 18. The van der Waals surface area contributed by atoms with Crippen molar-refractivity contribution in [1.82, 2.24) is 87.7 Å². The number of nitrogens with one attached hydrogen (secondary N) is 2. The summed E-state index contributed by atoms with van der Waals surface area (Å²) in [6, 6.07) is 68.8. The fraction of sp³-hybridized carbons (Fsp3) is 0.276. The van der Waals surface area contributed by atoms with Crippen molar-refractivity contribution < 1.29 is 49.1 Å². The summed E-state index contributed by atoms with van der Waals surface area (Å²) in [6.45, 7) is 21.1. The fourth-order valence-electron chi connectivity index (χ4n) is 23.4. The third-order valence-corrected chi connectivity index (χ3v) is 30.9. The van der Waals surface area contributed by atoms with E-state index in [1.165, 1.54) is 12.2 Å². The van der Waals surface area contributed by atoms with Gasteiger partial charge in [0.25, 0.3) is 11.8 Å². The molecule has 8 saturated heterocycles. The molecule has 4 amide bonds. The summed E-state index contributed by atoms with van der Waals surface area (Å²) in [6.07, 6.45) is 21.5. The van der Waals surface area contributed by atoms with Crippen LogP contribution in [-0.4, -0.2) is 197 Å². The number of carbonyl (C=O) groups excluding carboxylic acids is 4. The molecule has 14 N–H and O–H groups in total. The number of imidazole rings is 4. The summed E-state index contributed by atoms with van der Waals surface area (Å²) < 4.78 is 19.7. The Bertz CT molecular complexity index is 7940. The number of nitrogens with two attached hydrogens (primary N) is 4. The number of benzene rings is 8. The number of anilines is 4. The van der Waals surface area contributed by atoms with Gasteiger partial charge in [0.05, 0.1) is 38.5 Å². The second-order valence-corrected chi connectivity index (χ2v) is 39.6. The van der Waals surface area contributed by atoms with E-state index in [9.17, 15) is 39.6 Å². The third kappa shape index (κ3) is 16.8. The zero-order valence-electron chi connectivity index (χ0n) is 82.8. The lowest BCUT2D eigenvalue weighted by molar-refractivity contribution is -0.146. The number of likely N-dealkylation sites (tertiary alicyclic amines) is 2. The summed E-state index contributed by atoms with van der Waals surface area (Å²) in [7, 11) is 0. The summed E-state index contributed by atoms with van der Waals surface area (Å²) in [4.78, 5) is 97.1. The van der Waals surface area contributed by atoms with Crippen LogP contribution in [-0.2, 0) is 62.1 Å². The number of hydrogen-bond acceptors (Lipinski definition) is 24. The zero-order valence-corrected chi connectivity index (χ0v) is 82.8. The number of morpholine rings is 2. The lowest BCUT2D eigenvalue weighted by Crippen LogP contribution is -2.56. The van der Waals surface area contributed by atoms with Crippen molar-refractivity contribution in [3.8, 4) is 68.7 Å². The van der Waals surface area contributed by atoms with Crippen LogP contribution in [0.15, 0.2) is 293 Å². The van der Waals surface area contributed by atoms with Crippen LogP contribution in [0.4, 0.5) is 23.3 Å². The number of nitrogens with zero attached hydrogens (tertiary/aromatic N) is 16. The maximum atomic E-state index is 13.2. The van der Waals surface area contributed by atoms with Gasteiger partial charge in [-0.15, -0.1) is 0 Å². The average molecular weight is 1980 g/mol. The fourth-order valence-corrected chi connectivity index (χ4v) is 23.4. The van der Waals surface area contributed by atoms with E-state index in [0.717, 1.165) is 124 Å². The van der Waals surface area contributed by atoms with E-state index in [1.54, 1.807) is 66.3 Å². The topological polar surface area (TPSA) is 430 Å². The van der Waals surface area contributed by atoms with Gasteiger partial charge >= 0.3 is 0 Å². The van der Waals surface area contributed by atoms with Gasteiger partial charge in [0, 0.05) is 109 Å². The molecule has 16 aromatic rings. The summed E-state index contributed by atoms with van der Waals surface area (Å²) >= 11 is 0. The van der Waals surface area contributed by atoms with Crippen molar-refractivity contribution in [1.29, 1.82) is 0 Å². The first kappa shape index (κ1) is 97.7. The number of ether oxygens (including phenoxy) is 2. The minimum Gasteiger partial charge on any atom is -0.382 e. The number of piperazine rings is 2. The second kappa shape index (κ2) is 38.9. The van der Waals surface area contributed by atoms with Crippen molar-refractivity contribution in [2.45, 2.75) is 162 Å². The first-order valence-corrected chi connectivity index (χ1v) is 49.6. The molecule has 8 bridgehead atoms. The van der Waals surface area contributed by atoms with Gasteiger partial charge in [0.2, 0.25) is 11.8 Å². The molecule has 8 aliphatic heterocycles. The molecule has 0 aliphatic carbocycles. The van der Waals surface area contributed by atoms with Crippen LogP contribution in [0.2, 0.25) is 0 Å². The first-order chi connectivity index (χ1) is 71.5. The van der Waals surface area contributed by atoms with Crippen molar-refractivity contribution in [3.63, 3.8) is 0 Å². The quantitative estimate of drug-likeness (QED) is 0.0282. The van der Waals surface area contributed by atoms with E-state index < -0.39 is 33.5 Å². The molecule has 0 spiro atoms. The maximum absolute atomic E-state index is 13.2. The maximum Gasteiger partial charge on any atom is 0.299 e. The Morgan fingerprint density at radius 2 is 0.689 bits per heavy atom. The predicted octanol–water partition coefficient (Wildman–Crippen LogP) is 13.0. The molecule has 148 heavy (non-hydrogen) atoms. The Morgan fingerprint density at radius 1 is 0.392 bits per heavy atom. The molecule has 16 heterocycles. The minimum absolute atomic E-state index is 0.0197. The highest BCUT2D eigenvalue weighted by atomic mass is 16.5. The first-order valence-electron chi connectivity index (χ1n) is 49.6. The van der Waals surface area contributed by atoms with Gasteiger partial charge in [-0.3, -0.25) is 36.8 Å². The van der Waals surface area contributed by atoms with Crippen molar-refractivity contribution in [2.24, 2.45) is 0 Å². The standard InChI is InChI=1S/C30H29N5O3.C29H28N6O2.C29H29N5O3.C28H28N6O2/c1-3-7-24(36)35-23-14-15-30(35,19-38-18-23)28-33-25(26-27(31)32-16-17-34(26)28)20-10-12-22(13-11-20)29(2,37)21-8-5-4-6-9-21;1-3-7-23(36)35-21-16-22(32-17-21)25(35)28-33-24(26-27(30)31-14-15-34(26)28)18-10-12-20(13-11-18)29(2,37)19-8-5-4-6-9-19;1-3-23(35)34-22-13-14-29(34,18-37-17-22)27-32-24(25-26(30)31-15-16-33(25)27)19-9-11-21(12-10-19)28(2,36)20-7-5-4-6-8-20;1-3-22(35)34-20-15-21(31-16-20)24(34)27-32-23(25-26(29)30-13-14-33(25)27)17-9-11-19(12-10-17)28(2,36)18-7-5-4-6-8-18/h4-6,8-13,16-17,23,37H,14-15,18-19H2,1-2H3,(H2,31,32);4-6,8-15,21-22,25,32,37H,16-17H2,1-2H3,(H2,30,31);3-12,15-16,22,36H,1,13-14,17-18H2,2H3,(H2,30,31);3-14,20-21,24,31,36H,1,15-16H2,2H3,(H2,29,30)/t;21-,22-,25?,29?;;20?,21-,24?,28?/m.0.0/s1. The molecular weight excluding hydrogens is 1860 g/mol. The monoisotopic (exact) mass is 1970 g/mol. The van der Waals surface area contributed by atoms with E-state index in [0.29, 0.717) is 113 Å². The van der Waals surface area contributed by atoms with Crippen LogP contribution in [0.3, 0.4) is 0 Å². The highest BCUT2D eigenvalue weighted by Gasteiger charge is 2.58. The van der Waals surface area contributed by atoms with Crippen LogP contribution in [0, 0.1) is 23.7 Å². The van der Waals surface area contributed by atoms with Crippen molar-refractivity contribution >= 4 is 69.0 Å². The van der Waals surface area contributed by atoms with E-state index in [1.807, 2.05) is 280 Å². The molecular formula is C116H114N22O10. The minimum atomic E-state index is -1.15. The van der Waals surface area contributed by atoms with Crippen LogP contribution in [0.1, 0.15) is 160 Å².